The third-order valence-electron chi connectivity index (χ3n) is 3.07. The third kappa shape index (κ3) is 3.12. The number of hydrogen-bond donors (Lipinski definition) is 3. The van der Waals surface area contributed by atoms with E-state index < -0.39 is 6.10 Å². The van der Waals surface area contributed by atoms with Crippen LogP contribution in [0, 0.1) is 13.8 Å². The second kappa shape index (κ2) is 6.26. The summed E-state index contributed by atoms with van der Waals surface area (Å²) >= 11 is 6.13. The van der Waals surface area contributed by atoms with E-state index in [-0.39, 0.29) is 6.61 Å². The molecule has 0 aliphatic heterocycles. The van der Waals surface area contributed by atoms with Crippen LogP contribution in [0.2, 0.25) is 5.02 Å². The first-order chi connectivity index (χ1) is 9.52. The maximum absolute atomic E-state index is 9.28. The summed E-state index contributed by atoms with van der Waals surface area (Å²) in [4.78, 5) is 0. The van der Waals surface area contributed by atoms with Crippen molar-refractivity contribution >= 4 is 17.3 Å². The molecule has 1 heterocycles. The van der Waals surface area contributed by atoms with Crippen molar-refractivity contribution in [2.75, 3.05) is 18.5 Å². The third-order valence-corrected chi connectivity index (χ3v) is 3.61. The predicted molar refractivity (Wildman–Crippen MR) is 79.6 cm³/mol. The molecule has 1 atom stereocenters. The fraction of sp³-hybridized carbons (Fsp3) is 0.357. The summed E-state index contributed by atoms with van der Waals surface area (Å²) in [7, 11) is 0. The quantitative estimate of drug-likeness (QED) is 0.788. The molecule has 0 saturated heterocycles. The van der Waals surface area contributed by atoms with Gasteiger partial charge < -0.3 is 15.5 Å². The van der Waals surface area contributed by atoms with Crippen LogP contribution < -0.4 is 5.32 Å². The SMILES string of the molecule is Cc1nn(-c2ccc(NCC(O)CO)cc2)c(C)c1Cl. The lowest BCUT2D eigenvalue weighted by atomic mass is 10.2. The molecule has 1 unspecified atom stereocenters. The Balaban J connectivity index is 2.13. The molecule has 3 N–H and O–H groups in total. The van der Waals surface area contributed by atoms with Crippen LogP contribution in [-0.2, 0) is 0 Å². The van der Waals surface area contributed by atoms with Crippen molar-refractivity contribution < 1.29 is 10.2 Å². The number of nitrogens with zero attached hydrogens (tertiary/aromatic N) is 2. The zero-order valence-corrected chi connectivity index (χ0v) is 12.2. The van der Waals surface area contributed by atoms with Crippen LogP contribution in [0.4, 0.5) is 5.69 Å². The highest BCUT2D eigenvalue weighted by atomic mass is 35.5. The molecule has 2 rings (SSSR count). The van der Waals surface area contributed by atoms with E-state index in [1.54, 1.807) is 4.68 Å². The standard InChI is InChI=1S/C14H18ClN3O2/c1-9-14(15)10(2)18(17-9)12-5-3-11(4-6-12)16-7-13(20)8-19/h3-6,13,16,19-20H,7-8H2,1-2H3. The number of aliphatic hydroxyl groups is 2. The number of rotatable bonds is 5. The lowest BCUT2D eigenvalue weighted by molar-refractivity contribution is 0.105. The van der Waals surface area contributed by atoms with Gasteiger partial charge >= 0.3 is 0 Å². The summed E-state index contributed by atoms with van der Waals surface area (Å²) in [5, 5.41) is 26.1. The molecule has 6 heteroatoms. The van der Waals surface area contributed by atoms with Crippen LogP contribution in [0.25, 0.3) is 5.69 Å². The van der Waals surface area contributed by atoms with Crippen molar-refractivity contribution in [2.45, 2.75) is 20.0 Å². The van der Waals surface area contributed by atoms with Gasteiger partial charge in [0.25, 0.3) is 0 Å². The minimum atomic E-state index is -0.760. The minimum absolute atomic E-state index is 0.255. The first-order valence-electron chi connectivity index (χ1n) is 6.38. The molecule has 0 spiro atoms. The lowest BCUT2D eigenvalue weighted by Crippen LogP contribution is -2.22. The number of benzene rings is 1. The summed E-state index contributed by atoms with van der Waals surface area (Å²) < 4.78 is 1.80. The van der Waals surface area contributed by atoms with Gasteiger partial charge in [0.15, 0.2) is 0 Å². The molecule has 0 aliphatic rings. The van der Waals surface area contributed by atoms with Gasteiger partial charge in [0, 0.05) is 12.2 Å². The van der Waals surface area contributed by atoms with Gasteiger partial charge in [0.2, 0.25) is 0 Å². The van der Waals surface area contributed by atoms with E-state index in [1.165, 1.54) is 0 Å². The number of aliphatic hydroxyl groups excluding tert-OH is 2. The normalized spacial score (nSPS) is 12.4. The number of nitrogens with one attached hydrogen (secondary N) is 1. The Morgan fingerprint density at radius 1 is 1.30 bits per heavy atom. The van der Waals surface area contributed by atoms with Crippen molar-refractivity contribution in [3.8, 4) is 5.69 Å². The van der Waals surface area contributed by atoms with E-state index in [9.17, 15) is 5.11 Å². The zero-order valence-electron chi connectivity index (χ0n) is 11.5. The number of halogens is 1. The van der Waals surface area contributed by atoms with E-state index >= 15 is 0 Å². The topological polar surface area (TPSA) is 70.3 Å². The van der Waals surface area contributed by atoms with E-state index in [2.05, 4.69) is 10.4 Å². The molecule has 108 valence electrons. The van der Waals surface area contributed by atoms with Crippen LogP contribution in [0.1, 0.15) is 11.4 Å². The van der Waals surface area contributed by atoms with E-state index in [0.717, 1.165) is 22.8 Å². The van der Waals surface area contributed by atoms with Crippen molar-refractivity contribution in [2.24, 2.45) is 0 Å². The van der Waals surface area contributed by atoms with Crippen LogP contribution in [0.3, 0.4) is 0 Å². The van der Waals surface area contributed by atoms with Gasteiger partial charge in [0.1, 0.15) is 0 Å². The monoisotopic (exact) mass is 295 g/mol. The van der Waals surface area contributed by atoms with E-state index in [0.29, 0.717) is 11.6 Å². The van der Waals surface area contributed by atoms with Crippen LogP contribution in [0.15, 0.2) is 24.3 Å². The second-order valence-corrected chi connectivity index (χ2v) is 5.04. The number of anilines is 1. The Morgan fingerprint density at radius 3 is 2.45 bits per heavy atom. The van der Waals surface area contributed by atoms with E-state index in [1.807, 2.05) is 38.1 Å². The van der Waals surface area contributed by atoms with Crippen molar-refractivity contribution in [3.63, 3.8) is 0 Å². The first-order valence-corrected chi connectivity index (χ1v) is 6.75. The summed E-state index contributed by atoms with van der Waals surface area (Å²) in [6.45, 7) is 3.85. The predicted octanol–water partition coefficient (Wildman–Crippen LogP) is 1.91. The molecular formula is C14H18ClN3O2. The average molecular weight is 296 g/mol. The van der Waals surface area contributed by atoms with Crippen molar-refractivity contribution in [1.29, 1.82) is 0 Å². The average Bonchev–Trinajstić information content (AvgIpc) is 2.73. The van der Waals surface area contributed by atoms with Crippen LogP contribution in [0.5, 0.6) is 0 Å². The maximum atomic E-state index is 9.28. The fourth-order valence-electron chi connectivity index (χ4n) is 1.90. The molecule has 0 amide bonds. The number of aryl methyl sites for hydroxylation is 1. The first kappa shape index (κ1) is 14.8. The molecular weight excluding hydrogens is 278 g/mol. The van der Waals surface area contributed by atoms with Gasteiger partial charge in [-0.25, -0.2) is 4.68 Å². The summed E-state index contributed by atoms with van der Waals surface area (Å²) in [5.74, 6) is 0. The Kier molecular flexibility index (Phi) is 4.65. The molecule has 0 aliphatic carbocycles. The highest BCUT2D eigenvalue weighted by Gasteiger charge is 2.10. The molecule has 2 aromatic rings. The van der Waals surface area contributed by atoms with Crippen LogP contribution in [-0.4, -0.2) is 39.2 Å². The smallest absolute Gasteiger partial charge is 0.0942 e. The van der Waals surface area contributed by atoms with Gasteiger partial charge in [0.05, 0.1) is 34.8 Å². The summed E-state index contributed by atoms with van der Waals surface area (Å²) in [5.41, 5.74) is 3.50. The Bertz CT molecular complexity index is 581. The lowest BCUT2D eigenvalue weighted by Gasteiger charge is -2.11. The Morgan fingerprint density at radius 2 is 1.95 bits per heavy atom. The van der Waals surface area contributed by atoms with Gasteiger partial charge in [-0.15, -0.1) is 0 Å². The number of aromatic nitrogens is 2. The fourth-order valence-corrected chi connectivity index (χ4v) is 2.01. The molecule has 0 saturated carbocycles. The van der Waals surface area contributed by atoms with Crippen molar-refractivity contribution in [3.05, 3.63) is 40.7 Å². The summed E-state index contributed by atoms with van der Waals surface area (Å²) in [6.07, 6.45) is -0.760. The Labute approximate surface area is 122 Å². The zero-order chi connectivity index (χ0) is 14.7. The molecule has 1 aromatic heterocycles. The molecule has 1 aromatic carbocycles. The minimum Gasteiger partial charge on any atom is -0.394 e. The molecule has 0 bridgehead atoms. The highest BCUT2D eigenvalue weighted by molar-refractivity contribution is 6.31. The maximum Gasteiger partial charge on any atom is 0.0942 e. The second-order valence-electron chi connectivity index (χ2n) is 4.66. The van der Waals surface area contributed by atoms with Gasteiger partial charge in [-0.2, -0.15) is 5.10 Å². The number of hydrogen-bond acceptors (Lipinski definition) is 4. The Hall–Kier alpha value is -1.56. The van der Waals surface area contributed by atoms with Gasteiger partial charge in [-0.05, 0) is 38.1 Å². The molecule has 0 radical (unpaired) electrons. The molecule has 5 nitrogen and oxygen atoms in total. The van der Waals surface area contributed by atoms with Gasteiger partial charge in [-0.3, -0.25) is 0 Å². The summed E-state index contributed by atoms with van der Waals surface area (Å²) in [6, 6.07) is 7.63. The van der Waals surface area contributed by atoms with Gasteiger partial charge in [-0.1, -0.05) is 11.6 Å². The van der Waals surface area contributed by atoms with E-state index in [4.69, 9.17) is 16.7 Å². The molecule has 0 fully saturated rings. The van der Waals surface area contributed by atoms with Crippen LogP contribution >= 0.6 is 11.6 Å². The largest absolute Gasteiger partial charge is 0.394 e. The highest BCUT2D eigenvalue weighted by Crippen LogP contribution is 2.23. The van der Waals surface area contributed by atoms with Crippen molar-refractivity contribution in [1.82, 2.24) is 9.78 Å². The molecule has 20 heavy (non-hydrogen) atoms.